The number of nitrogens with two attached hydrogens (primary N) is 1. The quantitative estimate of drug-likeness (QED) is 0.912. The number of halogens is 1. The molecule has 0 radical (unpaired) electrons. The number of hydrogen-bond acceptors (Lipinski definition) is 3. The molecule has 0 aliphatic carbocycles. The Morgan fingerprint density at radius 1 is 1.14 bits per heavy atom. The molecule has 0 fully saturated rings. The molecule has 0 unspecified atom stereocenters. The lowest BCUT2D eigenvalue weighted by atomic mass is 10.1. The number of aryl methyl sites for hydroxylation is 2. The molecule has 4 nitrogen and oxygen atoms in total. The molecule has 2 rings (SSSR count). The second kappa shape index (κ2) is 5.83. The Kier molecular flexibility index (Phi) is 4.29. The average Bonchev–Trinajstić information content (AvgIpc) is 2.42. The summed E-state index contributed by atoms with van der Waals surface area (Å²) >= 11 is 0. The number of rotatable bonds is 4. The summed E-state index contributed by atoms with van der Waals surface area (Å²) in [6, 6.07) is 8.98. The Labute approximate surface area is 123 Å². The van der Waals surface area contributed by atoms with Gasteiger partial charge in [0, 0.05) is 6.54 Å². The van der Waals surface area contributed by atoms with E-state index in [1.165, 1.54) is 24.3 Å². The van der Waals surface area contributed by atoms with E-state index in [0.29, 0.717) is 6.54 Å². The van der Waals surface area contributed by atoms with E-state index in [1.807, 2.05) is 0 Å². The van der Waals surface area contributed by atoms with Crippen molar-refractivity contribution in [1.82, 2.24) is 0 Å². The van der Waals surface area contributed by atoms with Gasteiger partial charge in [-0.2, -0.15) is 0 Å². The van der Waals surface area contributed by atoms with E-state index in [2.05, 4.69) is 4.72 Å². The van der Waals surface area contributed by atoms with Gasteiger partial charge in [-0.05, 0) is 54.8 Å². The first-order valence-corrected chi connectivity index (χ1v) is 7.90. The minimum Gasteiger partial charge on any atom is -0.326 e. The zero-order valence-electron chi connectivity index (χ0n) is 11.9. The predicted molar refractivity (Wildman–Crippen MR) is 81.0 cm³/mol. The van der Waals surface area contributed by atoms with Crippen molar-refractivity contribution >= 4 is 15.7 Å². The molecule has 2 aromatic carbocycles. The molecule has 0 heterocycles. The molecule has 112 valence electrons. The molecular weight excluding hydrogens is 291 g/mol. The maximum absolute atomic E-state index is 13.8. The van der Waals surface area contributed by atoms with Crippen LogP contribution < -0.4 is 10.5 Å². The molecule has 0 amide bonds. The van der Waals surface area contributed by atoms with Crippen molar-refractivity contribution in [3.05, 3.63) is 58.9 Å². The van der Waals surface area contributed by atoms with Crippen LogP contribution in [0.1, 0.15) is 16.7 Å². The number of nitrogens with one attached hydrogen (secondary N) is 1. The predicted octanol–water partition coefficient (Wildman–Crippen LogP) is 2.70. The van der Waals surface area contributed by atoms with Crippen LogP contribution in [0.2, 0.25) is 0 Å². The molecule has 0 aliphatic heterocycles. The molecule has 0 aromatic heterocycles. The second-order valence-electron chi connectivity index (χ2n) is 4.88. The fraction of sp³-hybridized carbons (Fsp3) is 0.200. The molecule has 0 spiro atoms. The Balaban J connectivity index is 2.36. The highest BCUT2D eigenvalue weighted by molar-refractivity contribution is 7.92. The smallest absolute Gasteiger partial charge is 0.261 e. The maximum atomic E-state index is 13.8. The average molecular weight is 308 g/mol. The zero-order chi connectivity index (χ0) is 15.6. The van der Waals surface area contributed by atoms with Crippen molar-refractivity contribution in [3.63, 3.8) is 0 Å². The first kappa shape index (κ1) is 15.5. The molecule has 0 saturated carbocycles. The lowest BCUT2D eigenvalue weighted by Crippen LogP contribution is -2.14. The van der Waals surface area contributed by atoms with Crippen molar-refractivity contribution in [3.8, 4) is 0 Å². The van der Waals surface area contributed by atoms with Gasteiger partial charge in [-0.25, -0.2) is 12.8 Å². The van der Waals surface area contributed by atoms with E-state index >= 15 is 0 Å². The van der Waals surface area contributed by atoms with Crippen molar-refractivity contribution < 1.29 is 12.8 Å². The second-order valence-corrected chi connectivity index (χ2v) is 6.56. The summed E-state index contributed by atoms with van der Waals surface area (Å²) in [5.74, 6) is -0.603. The highest BCUT2D eigenvalue weighted by Crippen LogP contribution is 2.21. The number of sulfonamides is 1. The van der Waals surface area contributed by atoms with E-state index < -0.39 is 15.8 Å². The van der Waals surface area contributed by atoms with Gasteiger partial charge >= 0.3 is 0 Å². The van der Waals surface area contributed by atoms with Gasteiger partial charge in [0.25, 0.3) is 10.0 Å². The largest absolute Gasteiger partial charge is 0.326 e. The lowest BCUT2D eigenvalue weighted by molar-refractivity contribution is 0.598. The Hall–Kier alpha value is -1.92. The van der Waals surface area contributed by atoms with Gasteiger partial charge in [-0.1, -0.05) is 12.1 Å². The molecular formula is C15H17FN2O2S. The van der Waals surface area contributed by atoms with Gasteiger partial charge in [0.1, 0.15) is 5.82 Å². The van der Waals surface area contributed by atoms with Crippen molar-refractivity contribution in [1.29, 1.82) is 0 Å². The third-order valence-electron chi connectivity index (χ3n) is 3.21. The van der Waals surface area contributed by atoms with E-state index in [1.54, 1.807) is 26.0 Å². The lowest BCUT2D eigenvalue weighted by Gasteiger charge is -2.11. The van der Waals surface area contributed by atoms with Crippen molar-refractivity contribution in [2.24, 2.45) is 5.73 Å². The summed E-state index contributed by atoms with van der Waals surface area (Å²) in [4.78, 5) is 0.0807. The van der Waals surface area contributed by atoms with Crippen LogP contribution in [0.5, 0.6) is 0 Å². The number of anilines is 1. The fourth-order valence-electron chi connectivity index (χ4n) is 1.97. The summed E-state index contributed by atoms with van der Waals surface area (Å²) in [6.07, 6.45) is 0. The van der Waals surface area contributed by atoms with Crippen molar-refractivity contribution in [2.75, 3.05) is 4.72 Å². The molecule has 0 bridgehead atoms. The van der Waals surface area contributed by atoms with Crippen LogP contribution in [0, 0.1) is 19.7 Å². The van der Waals surface area contributed by atoms with E-state index in [9.17, 15) is 12.8 Å². The van der Waals surface area contributed by atoms with Gasteiger partial charge in [-0.15, -0.1) is 0 Å². The first-order chi connectivity index (χ1) is 9.83. The molecule has 0 saturated heterocycles. The Morgan fingerprint density at radius 3 is 2.43 bits per heavy atom. The normalized spacial score (nSPS) is 11.4. The topological polar surface area (TPSA) is 72.2 Å². The summed E-state index contributed by atoms with van der Waals surface area (Å²) in [6.45, 7) is 3.86. The standard InChI is InChI=1S/C15H17FN2O2S/c1-10-3-6-15(14(16)7-10)18-21(19,20)13-5-4-12(9-17)11(2)8-13/h3-8,18H,9,17H2,1-2H3. The molecule has 2 aromatic rings. The number of hydrogen-bond donors (Lipinski definition) is 2. The third-order valence-corrected chi connectivity index (χ3v) is 4.58. The maximum Gasteiger partial charge on any atom is 0.261 e. The van der Waals surface area contributed by atoms with Crippen LogP contribution in [0.15, 0.2) is 41.3 Å². The monoisotopic (exact) mass is 308 g/mol. The minimum atomic E-state index is -3.83. The molecule has 21 heavy (non-hydrogen) atoms. The van der Waals surface area contributed by atoms with Crippen LogP contribution >= 0.6 is 0 Å². The Bertz CT molecular complexity index is 773. The van der Waals surface area contributed by atoms with E-state index in [0.717, 1.165) is 16.7 Å². The van der Waals surface area contributed by atoms with Gasteiger partial charge in [0.05, 0.1) is 10.6 Å². The molecule has 3 N–H and O–H groups in total. The van der Waals surface area contributed by atoms with Crippen LogP contribution in [0.4, 0.5) is 10.1 Å². The zero-order valence-corrected chi connectivity index (χ0v) is 12.7. The first-order valence-electron chi connectivity index (χ1n) is 6.42. The fourth-order valence-corrected chi connectivity index (χ4v) is 3.12. The molecule has 0 aliphatic rings. The van der Waals surface area contributed by atoms with Crippen molar-refractivity contribution in [2.45, 2.75) is 25.3 Å². The van der Waals surface area contributed by atoms with Gasteiger partial charge in [-0.3, -0.25) is 4.72 Å². The summed E-state index contributed by atoms with van der Waals surface area (Å²) in [5.41, 5.74) is 7.86. The highest BCUT2D eigenvalue weighted by atomic mass is 32.2. The van der Waals surface area contributed by atoms with E-state index in [-0.39, 0.29) is 10.6 Å². The van der Waals surface area contributed by atoms with Gasteiger partial charge < -0.3 is 5.73 Å². The van der Waals surface area contributed by atoms with Crippen LogP contribution in [0.3, 0.4) is 0 Å². The van der Waals surface area contributed by atoms with Gasteiger partial charge in [0.2, 0.25) is 0 Å². The van der Waals surface area contributed by atoms with Crippen LogP contribution in [0.25, 0.3) is 0 Å². The number of benzene rings is 2. The highest BCUT2D eigenvalue weighted by Gasteiger charge is 2.17. The molecule has 6 heteroatoms. The van der Waals surface area contributed by atoms with Gasteiger partial charge in [0.15, 0.2) is 0 Å². The summed E-state index contributed by atoms with van der Waals surface area (Å²) in [5, 5.41) is 0. The van der Waals surface area contributed by atoms with Crippen LogP contribution in [-0.4, -0.2) is 8.42 Å². The SMILES string of the molecule is Cc1ccc(NS(=O)(=O)c2ccc(CN)c(C)c2)c(F)c1. The van der Waals surface area contributed by atoms with Crippen LogP contribution in [-0.2, 0) is 16.6 Å². The third kappa shape index (κ3) is 3.40. The summed E-state index contributed by atoms with van der Waals surface area (Å²) < 4.78 is 40.6. The van der Waals surface area contributed by atoms with E-state index in [4.69, 9.17) is 5.73 Å². The Morgan fingerprint density at radius 2 is 1.86 bits per heavy atom. The summed E-state index contributed by atoms with van der Waals surface area (Å²) in [7, 11) is -3.83. The molecule has 0 atom stereocenters. The minimum absolute atomic E-state index is 0.0684.